The predicted octanol–water partition coefficient (Wildman–Crippen LogP) is 2.44. The van der Waals surface area contributed by atoms with Crippen molar-refractivity contribution in [1.82, 2.24) is 9.55 Å². The summed E-state index contributed by atoms with van der Waals surface area (Å²) in [4.78, 5) is 24.7. The summed E-state index contributed by atoms with van der Waals surface area (Å²) >= 11 is 0. The topological polar surface area (TPSA) is 80.9 Å². The monoisotopic (exact) mass is 269 g/mol. The number of imidazole rings is 1. The zero-order valence-electron chi connectivity index (χ0n) is 10.7. The van der Waals surface area contributed by atoms with Crippen molar-refractivity contribution in [2.45, 2.75) is 0 Å². The standard InChI is InChI=1S/C14H11N3O3/c1-16-13-6-5-10(8-12(13)15-14(16)18)9-3-2-4-11(7-9)17(19)20/h2-8H,1H3,(H,15,18). The normalized spacial score (nSPS) is 10.8. The van der Waals surface area contributed by atoms with E-state index in [-0.39, 0.29) is 11.4 Å². The molecule has 2 aromatic carbocycles. The van der Waals surface area contributed by atoms with Crippen molar-refractivity contribution in [3.8, 4) is 11.1 Å². The highest BCUT2D eigenvalue weighted by Crippen LogP contribution is 2.26. The van der Waals surface area contributed by atoms with Crippen LogP contribution in [-0.4, -0.2) is 14.5 Å². The lowest BCUT2D eigenvalue weighted by molar-refractivity contribution is -0.384. The highest BCUT2D eigenvalue weighted by molar-refractivity contribution is 5.82. The molecule has 0 spiro atoms. The van der Waals surface area contributed by atoms with Crippen molar-refractivity contribution in [1.29, 1.82) is 0 Å². The molecule has 0 aliphatic heterocycles. The Labute approximate surface area is 113 Å². The van der Waals surface area contributed by atoms with Crippen LogP contribution in [-0.2, 0) is 7.05 Å². The van der Waals surface area contributed by atoms with Crippen LogP contribution < -0.4 is 5.69 Å². The first-order valence-electron chi connectivity index (χ1n) is 6.00. The van der Waals surface area contributed by atoms with E-state index in [1.165, 1.54) is 16.7 Å². The third-order valence-electron chi connectivity index (χ3n) is 3.29. The third kappa shape index (κ3) is 1.87. The zero-order valence-corrected chi connectivity index (χ0v) is 10.7. The quantitative estimate of drug-likeness (QED) is 0.573. The number of benzene rings is 2. The van der Waals surface area contributed by atoms with Crippen LogP contribution in [0.25, 0.3) is 22.2 Å². The Kier molecular flexibility index (Phi) is 2.64. The van der Waals surface area contributed by atoms with Gasteiger partial charge in [0.1, 0.15) is 0 Å². The number of fused-ring (bicyclic) bond motifs is 1. The van der Waals surface area contributed by atoms with E-state index in [1.807, 2.05) is 18.2 Å². The van der Waals surface area contributed by atoms with Gasteiger partial charge in [-0.15, -0.1) is 0 Å². The third-order valence-corrected chi connectivity index (χ3v) is 3.29. The van der Waals surface area contributed by atoms with Gasteiger partial charge < -0.3 is 4.98 Å². The molecule has 0 bridgehead atoms. The Bertz CT molecular complexity index is 877. The van der Waals surface area contributed by atoms with Crippen LogP contribution in [0, 0.1) is 10.1 Å². The number of nitrogens with one attached hydrogen (secondary N) is 1. The molecule has 0 saturated heterocycles. The van der Waals surface area contributed by atoms with Crippen LogP contribution in [0.4, 0.5) is 5.69 Å². The Hall–Kier alpha value is -2.89. The molecular weight excluding hydrogens is 258 g/mol. The summed E-state index contributed by atoms with van der Waals surface area (Å²) < 4.78 is 1.52. The molecule has 0 atom stereocenters. The van der Waals surface area contributed by atoms with Gasteiger partial charge in [-0.2, -0.15) is 0 Å². The summed E-state index contributed by atoms with van der Waals surface area (Å²) in [5, 5.41) is 10.8. The molecule has 1 heterocycles. The minimum Gasteiger partial charge on any atom is -0.306 e. The number of nitrogens with zero attached hydrogens (tertiary/aromatic N) is 2. The van der Waals surface area contributed by atoms with Gasteiger partial charge in [-0.3, -0.25) is 14.7 Å². The van der Waals surface area contributed by atoms with Gasteiger partial charge in [0, 0.05) is 19.2 Å². The smallest absolute Gasteiger partial charge is 0.306 e. The molecule has 6 nitrogen and oxygen atoms in total. The van der Waals surface area contributed by atoms with Crippen molar-refractivity contribution >= 4 is 16.7 Å². The number of nitro groups is 1. The van der Waals surface area contributed by atoms with E-state index in [4.69, 9.17) is 0 Å². The van der Waals surface area contributed by atoms with Crippen molar-refractivity contribution in [2.24, 2.45) is 7.05 Å². The molecule has 1 aromatic heterocycles. The molecule has 0 unspecified atom stereocenters. The Balaban J connectivity index is 2.17. The lowest BCUT2D eigenvalue weighted by Gasteiger charge is -2.02. The summed E-state index contributed by atoms with van der Waals surface area (Å²) in [6.45, 7) is 0. The molecule has 0 aliphatic carbocycles. The number of nitro benzene ring substituents is 1. The van der Waals surface area contributed by atoms with Gasteiger partial charge in [0.15, 0.2) is 0 Å². The second kappa shape index (κ2) is 4.34. The molecule has 100 valence electrons. The molecular formula is C14H11N3O3. The second-order valence-electron chi connectivity index (χ2n) is 4.53. The van der Waals surface area contributed by atoms with Crippen molar-refractivity contribution in [3.63, 3.8) is 0 Å². The van der Waals surface area contributed by atoms with E-state index in [1.54, 1.807) is 19.2 Å². The van der Waals surface area contributed by atoms with Gasteiger partial charge in [0.2, 0.25) is 0 Å². The number of aromatic amines is 1. The highest BCUT2D eigenvalue weighted by atomic mass is 16.6. The largest absolute Gasteiger partial charge is 0.326 e. The van der Waals surface area contributed by atoms with Gasteiger partial charge >= 0.3 is 5.69 Å². The van der Waals surface area contributed by atoms with Crippen LogP contribution >= 0.6 is 0 Å². The number of H-pyrrole nitrogens is 1. The van der Waals surface area contributed by atoms with Crippen LogP contribution in [0.15, 0.2) is 47.3 Å². The van der Waals surface area contributed by atoms with Gasteiger partial charge in [-0.1, -0.05) is 18.2 Å². The summed E-state index contributed by atoms with van der Waals surface area (Å²) in [5.74, 6) is 0. The minimum atomic E-state index is -0.424. The number of non-ortho nitro benzene ring substituents is 1. The summed E-state index contributed by atoms with van der Waals surface area (Å²) in [6.07, 6.45) is 0. The van der Waals surface area contributed by atoms with E-state index < -0.39 is 4.92 Å². The first kappa shape index (κ1) is 12.2. The van der Waals surface area contributed by atoms with Crippen LogP contribution in [0.3, 0.4) is 0 Å². The van der Waals surface area contributed by atoms with E-state index in [0.29, 0.717) is 5.52 Å². The van der Waals surface area contributed by atoms with Gasteiger partial charge in [0.25, 0.3) is 5.69 Å². The molecule has 3 aromatic rings. The number of hydrogen-bond donors (Lipinski definition) is 1. The van der Waals surface area contributed by atoms with Crippen LogP contribution in [0.5, 0.6) is 0 Å². The first-order valence-corrected chi connectivity index (χ1v) is 6.00. The fraction of sp³-hybridized carbons (Fsp3) is 0.0714. The SMILES string of the molecule is Cn1c(=O)[nH]c2cc(-c3cccc([N+](=O)[O-])c3)ccc21. The van der Waals surface area contributed by atoms with E-state index in [2.05, 4.69) is 4.98 Å². The molecule has 0 aliphatic rings. The Morgan fingerprint density at radius 3 is 2.65 bits per heavy atom. The predicted molar refractivity (Wildman–Crippen MR) is 75.6 cm³/mol. The van der Waals surface area contributed by atoms with Crippen molar-refractivity contribution in [3.05, 3.63) is 63.1 Å². The number of aromatic nitrogens is 2. The Morgan fingerprint density at radius 1 is 1.15 bits per heavy atom. The number of hydrogen-bond acceptors (Lipinski definition) is 3. The maximum absolute atomic E-state index is 11.5. The average molecular weight is 269 g/mol. The van der Waals surface area contributed by atoms with Crippen LogP contribution in [0.2, 0.25) is 0 Å². The maximum Gasteiger partial charge on any atom is 0.326 e. The molecule has 0 radical (unpaired) electrons. The Morgan fingerprint density at radius 2 is 1.90 bits per heavy atom. The van der Waals surface area contributed by atoms with E-state index in [0.717, 1.165) is 16.6 Å². The number of aryl methyl sites for hydroxylation is 1. The fourth-order valence-corrected chi connectivity index (χ4v) is 2.22. The molecule has 0 fully saturated rings. The molecule has 6 heteroatoms. The molecule has 3 rings (SSSR count). The lowest BCUT2D eigenvalue weighted by atomic mass is 10.0. The first-order chi connectivity index (χ1) is 9.56. The molecule has 20 heavy (non-hydrogen) atoms. The van der Waals surface area contributed by atoms with Crippen molar-refractivity contribution < 1.29 is 4.92 Å². The zero-order chi connectivity index (χ0) is 14.3. The van der Waals surface area contributed by atoms with Gasteiger partial charge in [-0.05, 0) is 23.3 Å². The maximum atomic E-state index is 11.5. The molecule has 0 saturated carbocycles. The van der Waals surface area contributed by atoms with Crippen LogP contribution in [0.1, 0.15) is 0 Å². The second-order valence-corrected chi connectivity index (χ2v) is 4.53. The van der Waals surface area contributed by atoms with Crippen molar-refractivity contribution in [2.75, 3.05) is 0 Å². The van der Waals surface area contributed by atoms with E-state index in [9.17, 15) is 14.9 Å². The summed E-state index contributed by atoms with van der Waals surface area (Å²) in [7, 11) is 1.69. The average Bonchev–Trinajstić information content (AvgIpc) is 2.74. The molecule has 0 amide bonds. The fourth-order valence-electron chi connectivity index (χ4n) is 2.22. The highest BCUT2D eigenvalue weighted by Gasteiger charge is 2.09. The van der Waals surface area contributed by atoms with Gasteiger partial charge in [-0.25, -0.2) is 4.79 Å². The lowest BCUT2D eigenvalue weighted by Crippen LogP contribution is -2.11. The van der Waals surface area contributed by atoms with E-state index >= 15 is 0 Å². The number of rotatable bonds is 2. The summed E-state index contributed by atoms with van der Waals surface area (Å²) in [5.41, 5.74) is 2.93. The molecule has 1 N–H and O–H groups in total. The summed E-state index contributed by atoms with van der Waals surface area (Å²) in [6, 6.07) is 11.9. The minimum absolute atomic E-state index is 0.0455. The van der Waals surface area contributed by atoms with Gasteiger partial charge in [0.05, 0.1) is 16.0 Å².